The summed E-state index contributed by atoms with van der Waals surface area (Å²) in [6, 6.07) is 1.84. The zero-order chi connectivity index (χ0) is 10.8. The van der Waals surface area contributed by atoms with Gasteiger partial charge in [0.15, 0.2) is 11.6 Å². The maximum atomic E-state index is 5.48. The Bertz CT molecular complexity index is 480. The molecule has 2 aromatic rings. The Hall–Kier alpha value is -1.63. The summed E-state index contributed by atoms with van der Waals surface area (Å²) < 4.78 is 2.43. The maximum Gasteiger partial charge on any atom is 0.222 e. The van der Waals surface area contributed by atoms with Crippen molar-refractivity contribution in [3.05, 3.63) is 22.9 Å². The molecule has 2 heterocycles. The molecule has 0 aliphatic carbocycles. The van der Waals surface area contributed by atoms with Crippen molar-refractivity contribution in [3.63, 3.8) is 0 Å². The van der Waals surface area contributed by atoms with E-state index in [9.17, 15) is 0 Å². The molecule has 0 aliphatic heterocycles. The van der Waals surface area contributed by atoms with Crippen molar-refractivity contribution in [1.82, 2.24) is 19.7 Å². The first-order valence-electron chi connectivity index (χ1n) is 4.20. The number of hydrogen-bond donors (Lipinski definition) is 2. The lowest BCUT2D eigenvalue weighted by Gasteiger charge is -2.04. The van der Waals surface area contributed by atoms with Crippen LogP contribution < -0.4 is 11.1 Å². The average molecular weight is 269 g/mol. The SMILES string of the molecule is Cn1ccc(Nc2nc(N)ncc2Br)n1. The van der Waals surface area contributed by atoms with Gasteiger partial charge in [-0.3, -0.25) is 4.68 Å². The Balaban J connectivity index is 2.27. The predicted octanol–water partition coefficient (Wildman–Crippen LogP) is 1.30. The topological polar surface area (TPSA) is 81.7 Å². The van der Waals surface area contributed by atoms with E-state index in [4.69, 9.17) is 5.73 Å². The summed E-state index contributed by atoms with van der Waals surface area (Å²) in [7, 11) is 1.84. The summed E-state index contributed by atoms with van der Waals surface area (Å²) in [6.45, 7) is 0. The zero-order valence-corrected chi connectivity index (χ0v) is 9.56. The molecule has 0 bridgehead atoms. The van der Waals surface area contributed by atoms with E-state index in [-0.39, 0.29) is 5.95 Å². The molecule has 0 amide bonds. The number of nitrogens with zero attached hydrogens (tertiary/aromatic N) is 4. The molecular weight excluding hydrogens is 260 g/mol. The van der Waals surface area contributed by atoms with Gasteiger partial charge < -0.3 is 11.1 Å². The first-order valence-corrected chi connectivity index (χ1v) is 4.99. The van der Waals surface area contributed by atoms with E-state index < -0.39 is 0 Å². The number of aromatic nitrogens is 4. The van der Waals surface area contributed by atoms with Crippen LogP contribution in [0.3, 0.4) is 0 Å². The summed E-state index contributed by atoms with van der Waals surface area (Å²) in [5.74, 6) is 1.52. The lowest BCUT2D eigenvalue weighted by atomic mass is 10.5. The molecule has 0 fully saturated rings. The Labute approximate surface area is 94.7 Å². The van der Waals surface area contributed by atoms with Crippen LogP contribution in [-0.2, 0) is 7.05 Å². The molecule has 0 aromatic carbocycles. The molecule has 2 aromatic heterocycles. The van der Waals surface area contributed by atoms with Crippen molar-refractivity contribution >= 4 is 33.5 Å². The minimum absolute atomic E-state index is 0.219. The second-order valence-corrected chi connectivity index (χ2v) is 3.78. The van der Waals surface area contributed by atoms with Crippen molar-refractivity contribution < 1.29 is 0 Å². The second-order valence-electron chi connectivity index (χ2n) is 2.92. The van der Waals surface area contributed by atoms with Crippen LogP contribution in [0.15, 0.2) is 22.9 Å². The first-order chi connectivity index (χ1) is 7.15. The largest absolute Gasteiger partial charge is 0.368 e. The lowest BCUT2D eigenvalue weighted by Crippen LogP contribution is -2.01. The number of nitrogen functional groups attached to an aromatic ring is 1. The number of halogens is 1. The van der Waals surface area contributed by atoms with E-state index >= 15 is 0 Å². The van der Waals surface area contributed by atoms with E-state index in [1.165, 1.54) is 0 Å². The van der Waals surface area contributed by atoms with Crippen molar-refractivity contribution in [3.8, 4) is 0 Å². The van der Waals surface area contributed by atoms with Gasteiger partial charge >= 0.3 is 0 Å². The van der Waals surface area contributed by atoms with Crippen LogP contribution in [-0.4, -0.2) is 19.7 Å². The maximum absolute atomic E-state index is 5.48. The van der Waals surface area contributed by atoms with E-state index in [1.807, 2.05) is 19.3 Å². The molecule has 7 heteroatoms. The minimum atomic E-state index is 0.219. The fraction of sp³-hybridized carbons (Fsp3) is 0.125. The third-order valence-corrected chi connectivity index (χ3v) is 2.30. The quantitative estimate of drug-likeness (QED) is 0.858. The molecule has 15 heavy (non-hydrogen) atoms. The number of hydrogen-bond acceptors (Lipinski definition) is 5. The van der Waals surface area contributed by atoms with Crippen molar-refractivity contribution in [2.45, 2.75) is 0 Å². The Morgan fingerprint density at radius 1 is 1.53 bits per heavy atom. The van der Waals surface area contributed by atoms with Crippen LogP contribution in [0.1, 0.15) is 0 Å². The van der Waals surface area contributed by atoms with Gasteiger partial charge in [-0.25, -0.2) is 4.98 Å². The molecule has 0 atom stereocenters. The number of nitrogens with two attached hydrogens (primary N) is 1. The van der Waals surface area contributed by atoms with Crippen LogP contribution >= 0.6 is 15.9 Å². The second kappa shape index (κ2) is 3.85. The van der Waals surface area contributed by atoms with Gasteiger partial charge in [0.1, 0.15) is 0 Å². The smallest absolute Gasteiger partial charge is 0.222 e. The van der Waals surface area contributed by atoms with E-state index in [2.05, 4.69) is 36.3 Å². The van der Waals surface area contributed by atoms with E-state index in [0.717, 1.165) is 4.47 Å². The van der Waals surface area contributed by atoms with Gasteiger partial charge in [0.2, 0.25) is 5.95 Å². The van der Waals surface area contributed by atoms with Crippen LogP contribution in [0.25, 0.3) is 0 Å². The van der Waals surface area contributed by atoms with Crippen LogP contribution in [0, 0.1) is 0 Å². The van der Waals surface area contributed by atoms with Gasteiger partial charge in [-0.2, -0.15) is 10.1 Å². The fourth-order valence-electron chi connectivity index (χ4n) is 1.07. The van der Waals surface area contributed by atoms with Crippen molar-refractivity contribution in [2.75, 3.05) is 11.1 Å². The summed E-state index contributed by atoms with van der Waals surface area (Å²) in [5.41, 5.74) is 5.48. The molecule has 3 N–H and O–H groups in total. The zero-order valence-electron chi connectivity index (χ0n) is 7.98. The van der Waals surface area contributed by atoms with Gasteiger partial charge in [0.25, 0.3) is 0 Å². The Morgan fingerprint density at radius 3 is 3.00 bits per heavy atom. The number of aryl methyl sites for hydroxylation is 1. The van der Waals surface area contributed by atoms with Gasteiger partial charge in [-0.1, -0.05) is 0 Å². The van der Waals surface area contributed by atoms with Crippen LogP contribution in [0.4, 0.5) is 17.6 Å². The molecule has 0 saturated carbocycles. The Morgan fingerprint density at radius 2 is 2.33 bits per heavy atom. The number of rotatable bonds is 2. The lowest BCUT2D eigenvalue weighted by molar-refractivity contribution is 0.771. The molecule has 78 valence electrons. The average Bonchev–Trinajstić information content (AvgIpc) is 2.58. The van der Waals surface area contributed by atoms with Crippen LogP contribution in [0.2, 0.25) is 0 Å². The molecule has 6 nitrogen and oxygen atoms in total. The molecule has 0 spiro atoms. The van der Waals surface area contributed by atoms with Gasteiger partial charge in [-0.15, -0.1) is 0 Å². The fourth-order valence-corrected chi connectivity index (χ4v) is 1.36. The first kappa shape index (κ1) is 9.91. The monoisotopic (exact) mass is 268 g/mol. The molecule has 0 radical (unpaired) electrons. The highest BCUT2D eigenvalue weighted by atomic mass is 79.9. The number of nitrogens with one attached hydrogen (secondary N) is 1. The highest BCUT2D eigenvalue weighted by Gasteiger charge is 2.04. The van der Waals surface area contributed by atoms with E-state index in [0.29, 0.717) is 11.6 Å². The molecule has 0 saturated heterocycles. The molecule has 2 rings (SSSR count). The van der Waals surface area contributed by atoms with Gasteiger partial charge in [0.05, 0.1) is 4.47 Å². The van der Waals surface area contributed by atoms with Crippen molar-refractivity contribution in [2.24, 2.45) is 7.05 Å². The highest BCUT2D eigenvalue weighted by molar-refractivity contribution is 9.10. The third kappa shape index (κ3) is 2.24. The molecular formula is C8H9BrN6. The molecule has 0 unspecified atom stereocenters. The van der Waals surface area contributed by atoms with Gasteiger partial charge in [0, 0.05) is 25.5 Å². The van der Waals surface area contributed by atoms with Crippen LogP contribution in [0.5, 0.6) is 0 Å². The van der Waals surface area contributed by atoms with E-state index in [1.54, 1.807) is 10.9 Å². The minimum Gasteiger partial charge on any atom is -0.368 e. The summed E-state index contributed by atoms with van der Waals surface area (Å²) in [5, 5.41) is 7.18. The third-order valence-electron chi connectivity index (χ3n) is 1.72. The summed E-state index contributed by atoms with van der Waals surface area (Å²) >= 11 is 3.32. The van der Waals surface area contributed by atoms with Crippen molar-refractivity contribution in [1.29, 1.82) is 0 Å². The standard InChI is InChI=1S/C8H9BrN6/c1-15-3-2-6(14-15)12-7-5(9)4-11-8(10)13-7/h2-4H,1H3,(H3,10,11,12,13,14). The Kier molecular flexibility index (Phi) is 2.55. The highest BCUT2D eigenvalue weighted by Crippen LogP contribution is 2.22. The van der Waals surface area contributed by atoms with Gasteiger partial charge in [-0.05, 0) is 15.9 Å². The predicted molar refractivity (Wildman–Crippen MR) is 60.6 cm³/mol. The number of anilines is 3. The summed E-state index contributed by atoms with van der Waals surface area (Å²) in [4.78, 5) is 7.88. The summed E-state index contributed by atoms with van der Waals surface area (Å²) in [6.07, 6.45) is 3.42. The molecule has 0 aliphatic rings. The normalized spacial score (nSPS) is 10.3.